The van der Waals surface area contributed by atoms with Gasteiger partial charge in [-0.2, -0.15) is 0 Å². The summed E-state index contributed by atoms with van der Waals surface area (Å²) in [5.74, 6) is 1.85. The third-order valence-corrected chi connectivity index (χ3v) is 3.91. The first kappa shape index (κ1) is 12.6. The molecule has 1 saturated carbocycles. The second-order valence-electron chi connectivity index (χ2n) is 5.29. The Bertz CT molecular complexity index is 335. The first-order valence-corrected chi connectivity index (χ1v) is 6.93. The SMILES string of the molecule is CCC1CCCC(NCc2cc(C)on2)CC1. The average Bonchev–Trinajstić information content (AvgIpc) is 2.63. The lowest BCUT2D eigenvalue weighted by molar-refractivity contribution is 0.380. The van der Waals surface area contributed by atoms with E-state index in [1.165, 1.54) is 38.5 Å². The maximum Gasteiger partial charge on any atom is 0.133 e. The van der Waals surface area contributed by atoms with Crippen molar-refractivity contribution in [3.05, 3.63) is 17.5 Å². The molecule has 0 saturated heterocycles. The molecule has 0 amide bonds. The van der Waals surface area contributed by atoms with Crippen LogP contribution in [-0.2, 0) is 6.54 Å². The van der Waals surface area contributed by atoms with Crippen LogP contribution in [0, 0.1) is 12.8 Å². The lowest BCUT2D eigenvalue weighted by atomic mass is 9.98. The van der Waals surface area contributed by atoms with Crippen molar-refractivity contribution in [1.29, 1.82) is 0 Å². The molecule has 1 aromatic rings. The van der Waals surface area contributed by atoms with Crippen molar-refractivity contribution in [3.63, 3.8) is 0 Å². The van der Waals surface area contributed by atoms with Gasteiger partial charge in [0.2, 0.25) is 0 Å². The monoisotopic (exact) mass is 236 g/mol. The molecular weight excluding hydrogens is 212 g/mol. The third-order valence-electron chi connectivity index (χ3n) is 3.91. The predicted molar refractivity (Wildman–Crippen MR) is 68.7 cm³/mol. The summed E-state index contributed by atoms with van der Waals surface area (Å²) in [4.78, 5) is 0. The van der Waals surface area contributed by atoms with Crippen molar-refractivity contribution < 1.29 is 4.52 Å². The van der Waals surface area contributed by atoms with Crippen LogP contribution in [0.1, 0.15) is 56.9 Å². The maximum absolute atomic E-state index is 5.07. The minimum absolute atomic E-state index is 0.670. The van der Waals surface area contributed by atoms with E-state index in [2.05, 4.69) is 17.4 Å². The number of rotatable bonds is 4. The highest BCUT2D eigenvalue weighted by Crippen LogP contribution is 2.25. The summed E-state index contributed by atoms with van der Waals surface area (Å²) in [6.45, 7) is 5.10. The second kappa shape index (κ2) is 6.20. The van der Waals surface area contributed by atoms with Gasteiger partial charge in [0, 0.05) is 18.7 Å². The van der Waals surface area contributed by atoms with E-state index in [1.54, 1.807) is 0 Å². The van der Waals surface area contributed by atoms with Gasteiger partial charge in [-0.1, -0.05) is 31.3 Å². The smallest absolute Gasteiger partial charge is 0.133 e. The Morgan fingerprint density at radius 2 is 2.24 bits per heavy atom. The summed E-state index contributed by atoms with van der Waals surface area (Å²) in [7, 11) is 0. The van der Waals surface area contributed by atoms with Crippen LogP contribution >= 0.6 is 0 Å². The Labute approximate surface area is 104 Å². The molecule has 2 unspecified atom stereocenters. The van der Waals surface area contributed by atoms with Gasteiger partial charge in [0.05, 0.1) is 5.69 Å². The molecule has 17 heavy (non-hydrogen) atoms. The number of nitrogens with one attached hydrogen (secondary N) is 1. The topological polar surface area (TPSA) is 38.1 Å². The normalized spacial score (nSPS) is 25.8. The van der Waals surface area contributed by atoms with Crippen LogP contribution in [0.5, 0.6) is 0 Å². The van der Waals surface area contributed by atoms with Gasteiger partial charge in [0.25, 0.3) is 0 Å². The number of aromatic nitrogens is 1. The molecule has 3 nitrogen and oxygen atoms in total. The Morgan fingerprint density at radius 1 is 1.35 bits per heavy atom. The second-order valence-corrected chi connectivity index (χ2v) is 5.29. The minimum atomic E-state index is 0.670. The van der Waals surface area contributed by atoms with E-state index in [-0.39, 0.29) is 0 Å². The fourth-order valence-electron chi connectivity index (χ4n) is 2.74. The Kier molecular flexibility index (Phi) is 4.60. The molecule has 0 spiro atoms. The first-order chi connectivity index (χ1) is 8.28. The van der Waals surface area contributed by atoms with Gasteiger partial charge in [0.1, 0.15) is 5.76 Å². The first-order valence-electron chi connectivity index (χ1n) is 6.93. The lowest BCUT2D eigenvalue weighted by Crippen LogP contribution is -2.28. The van der Waals surface area contributed by atoms with Crippen LogP contribution in [0.25, 0.3) is 0 Å². The van der Waals surface area contributed by atoms with Crippen LogP contribution in [-0.4, -0.2) is 11.2 Å². The number of hydrogen-bond donors (Lipinski definition) is 1. The van der Waals surface area contributed by atoms with Crippen molar-refractivity contribution in [3.8, 4) is 0 Å². The van der Waals surface area contributed by atoms with E-state index in [4.69, 9.17) is 4.52 Å². The summed E-state index contributed by atoms with van der Waals surface area (Å²) < 4.78 is 5.07. The molecule has 2 atom stereocenters. The van der Waals surface area contributed by atoms with Crippen molar-refractivity contribution in [2.45, 2.75) is 65.0 Å². The van der Waals surface area contributed by atoms with Crippen LogP contribution in [0.2, 0.25) is 0 Å². The Morgan fingerprint density at radius 3 is 2.94 bits per heavy atom. The van der Waals surface area contributed by atoms with Crippen molar-refractivity contribution >= 4 is 0 Å². The highest BCUT2D eigenvalue weighted by Gasteiger charge is 2.17. The van der Waals surface area contributed by atoms with Gasteiger partial charge in [-0.25, -0.2) is 0 Å². The molecule has 1 aromatic heterocycles. The van der Waals surface area contributed by atoms with E-state index >= 15 is 0 Å². The number of hydrogen-bond acceptors (Lipinski definition) is 3. The van der Waals surface area contributed by atoms with Gasteiger partial charge < -0.3 is 9.84 Å². The fraction of sp³-hybridized carbons (Fsp3) is 0.786. The molecule has 0 bridgehead atoms. The summed E-state index contributed by atoms with van der Waals surface area (Å²) in [6, 6.07) is 2.68. The largest absolute Gasteiger partial charge is 0.361 e. The Hall–Kier alpha value is -0.830. The van der Waals surface area contributed by atoms with Crippen molar-refractivity contribution in [2.24, 2.45) is 5.92 Å². The molecule has 2 rings (SSSR count). The fourth-order valence-corrected chi connectivity index (χ4v) is 2.74. The average molecular weight is 236 g/mol. The zero-order valence-corrected chi connectivity index (χ0v) is 11.0. The van der Waals surface area contributed by atoms with E-state index < -0.39 is 0 Å². The molecule has 0 aliphatic heterocycles. The van der Waals surface area contributed by atoms with E-state index in [0.717, 1.165) is 23.9 Å². The number of nitrogens with zero attached hydrogens (tertiary/aromatic N) is 1. The van der Waals surface area contributed by atoms with Crippen molar-refractivity contribution in [1.82, 2.24) is 10.5 Å². The van der Waals surface area contributed by atoms with Crippen LogP contribution in [0.4, 0.5) is 0 Å². The molecular formula is C14H24N2O. The lowest BCUT2D eigenvalue weighted by Gasteiger charge is -2.15. The summed E-state index contributed by atoms with van der Waals surface area (Å²) >= 11 is 0. The quantitative estimate of drug-likeness (QED) is 0.814. The van der Waals surface area contributed by atoms with Gasteiger partial charge in [-0.3, -0.25) is 0 Å². The molecule has 1 fully saturated rings. The van der Waals surface area contributed by atoms with Crippen molar-refractivity contribution in [2.75, 3.05) is 0 Å². The predicted octanol–water partition coefficient (Wildman–Crippen LogP) is 3.43. The molecule has 1 N–H and O–H groups in total. The number of aryl methyl sites for hydroxylation is 1. The minimum Gasteiger partial charge on any atom is -0.361 e. The van der Waals surface area contributed by atoms with Crippen LogP contribution < -0.4 is 5.32 Å². The Balaban J connectivity index is 1.75. The highest BCUT2D eigenvalue weighted by molar-refractivity contribution is 5.03. The summed E-state index contributed by atoms with van der Waals surface area (Å²) in [5, 5.41) is 7.63. The zero-order chi connectivity index (χ0) is 12.1. The molecule has 0 aromatic carbocycles. The van der Waals surface area contributed by atoms with Gasteiger partial charge in [0.15, 0.2) is 0 Å². The third kappa shape index (κ3) is 3.84. The molecule has 3 heteroatoms. The highest BCUT2D eigenvalue weighted by atomic mass is 16.5. The zero-order valence-electron chi connectivity index (χ0n) is 11.0. The molecule has 1 aliphatic rings. The van der Waals surface area contributed by atoms with E-state index in [0.29, 0.717) is 6.04 Å². The van der Waals surface area contributed by atoms with Gasteiger partial charge >= 0.3 is 0 Å². The molecule has 0 radical (unpaired) electrons. The standard InChI is InChI=1S/C14H24N2O/c1-3-12-5-4-6-13(8-7-12)15-10-14-9-11(2)17-16-14/h9,12-13,15H,3-8,10H2,1-2H3. The summed E-state index contributed by atoms with van der Waals surface area (Å²) in [5.41, 5.74) is 1.03. The van der Waals surface area contributed by atoms with Gasteiger partial charge in [-0.05, 0) is 32.1 Å². The molecule has 1 heterocycles. The van der Waals surface area contributed by atoms with Gasteiger partial charge in [-0.15, -0.1) is 0 Å². The van der Waals surface area contributed by atoms with Crippen LogP contribution in [0.15, 0.2) is 10.6 Å². The maximum atomic E-state index is 5.07. The van der Waals surface area contributed by atoms with Crippen LogP contribution in [0.3, 0.4) is 0 Å². The molecule has 96 valence electrons. The summed E-state index contributed by atoms with van der Waals surface area (Å²) in [6.07, 6.45) is 8.13. The molecule has 1 aliphatic carbocycles. The van der Waals surface area contributed by atoms with E-state index in [9.17, 15) is 0 Å². The van der Waals surface area contributed by atoms with E-state index in [1.807, 2.05) is 13.0 Å².